The van der Waals surface area contributed by atoms with E-state index >= 15 is 0 Å². The smallest absolute Gasteiger partial charge is 0.138 e. The molecule has 0 saturated heterocycles. The number of nitrogens with one attached hydrogen (secondary N) is 1. The lowest BCUT2D eigenvalue weighted by molar-refractivity contribution is 0.458. The van der Waals surface area contributed by atoms with Gasteiger partial charge in [-0.05, 0) is 25.1 Å². The molecule has 0 atom stereocenters. The third-order valence-electron chi connectivity index (χ3n) is 2.61. The van der Waals surface area contributed by atoms with Gasteiger partial charge in [0, 0.05) is 32.0 Å². The highest BCUT2D eigenvalue weighted by Crippen LogP contribution is 2.14. The van der Waals surface area contributed by atoms with E-state index in [-0.39, 0.29) is 5.75 Å². The molecule has 0 fully saturated rings. The lowest BCUT2D eigenvalue weighted by atomic mass is 10.3. The Bertz CT molecular complexity index is 507. The molecule has 0 unspecified atom stereocenters. The molecule has 2 aromatic heterocycles. The number of hydrogen-bond acceptors (Lipinski definition) is 4. The van der Waals surface area contributed by atoms with Gasteiger partial charge in [0.15, 0.2) is 0 Å². The molecule has 2 rings (SSSR count). The van der Waals surface area contributed by atoms with Crippen LogP contribution >= 0.6 is 0 Å². The van der Waals surface area contributed by atoms with E-state index in [0.717, 1.165) is 11.4 Å². The van der Waals surface area contributed by atoms with Gasteiger partial charge in [-0.15, -0.1) is 0 Å². The van der Waals surface area contributed by atoms with Crippen molar-refractivity contribution in [1.29, 1.82) is 0 Å². The molecular weight excluding hydrogens is 216 g/mol. The van der Waals surface area contributed by atoms with E-state index in [2.05, 4.69) is 15.4 Å². The van der Waals surface area contributed by atoms with Crippen LogP contribution in [0.1, 0.15) is 17.1 Å². The maximum absolute atomic E-state index is 9.63. The van der Waals surface area contributed by atoms with Crippen molar-refractivity contribution in [2.45, 2.75) is 20.0 Å². The minimum atomic E-state index is 0.230. The second-order valence-electron chi connectivity index (χ2n) is 3.97. The highest BCUT2D eigenvalue weighted by atomic mass is 16.3. The van der Waals surface area contributed by atoms with Crippen molar-refractivity contribution in [2.24, 2.45) is 7.05 Å². The Balaban J connectivity index is 1.94. The fourth-order valence-corrected chi connectivity index (χ4v) is 1.62. The fraction of sp³-hybridized carbons (Fsp3) is 0.333. The second-order valence-corrected chi connectivity index (χ2v) is 3.97. The average molecular weight is 232 g/mol. The van der Waals surface area contributed by atoms with E-state index in [1.54, 1.807) is 18.3 Å². The Morgan fingerprint density at radius 2 is 2.12 bits per heavy atom. The van der Waals surface area contributed by atoms with Crippen LogP contribution in [-0.2, 0) is 20.1 Å². The van der Waals surface area contributed by atoms with Crippen LogP contribution in [0.3, 0.4) is 0 Å². The Hall–Kier alpha value is -1.88. The summed E-state index contributed by atoms with van der Waals surface area (Å²) in [7, 11) is 1.90. The number of pyridine rings is 1. The van der Waals surface area contributed by atoms with E-state index in [1.807, 2.05) is 24.7 Å². The molecule has 2 heterocycles. The van der Waals surface area contributed by atoms with Crippen molar-refractivity contribution in [3.8, 4) is 5.75 Å². The summed E-state index contributed by atoms with van der Waals surface area (Å²) in [5, 5.41) is 16.9. The summed E-state index contributed by atoms with van der Waals surface area (Å²) in [6.07, 6.45) is 1.76. The third kappa shape index (κ3) is 2.82. The minimum Gasteiger partial charge on any atom is -0.506 e. The molecule has 0 spiro atoms. The molecule has 17 heavy (non-hydrogen) atoms. The molecule has 5 heteroatoms. The molecule has 0 aliphatic heterocycles. The molecule has 2 N–H and O–H groups in total. The van der Waals surface area contributed by atoms with Gasteiger partial charge in [0.1, 0.15) is 5.75 Å². The molecule has 0 saturated carbocycles. The zero-order valence-electron chi connectivity index (χ0n) is 10.0. The van der Waals surface area contributed by atoms with Crippen molar-refractivity contribution in [1.82, 2.24) is 20.1 Å². The predicted octanol–water partition coefficient (Wildman–Crippen LogP) is 1.12. The van der Waals surface area contributed by atoms with Crippen molar-refractivity contribution in [2.75, 3.05) is 0 Å². The first kappa shape index (κ1) is 11.6. The maximum atomic E-state index is 9.63. The fourth-order valence-electron chi connectivity index (χ4n) is 1.62. The van der Waals surface area contributed by atoms with Gasteiger partial charge in [-0.3, -0.25) is 9.67 Å². The summed E-state index contributed by atoms with van der Waals surface area (Å²) in [5.41, 5.74) is 2.67. The molecule has 2 aromatic rings. The van der Waals surface area contributed by atoms with Gasteiger partial charge < -0.3 is 10.4 Å². The molecule has 0 amide bonds. The summed E-state index contributed by atoms with van der Waals surface area (Å²) < 4.78 is 1.82. The van der Waals surface area contributed by atoms with Gasteiger partial charge >= 0.3 is 0 Å². The largest absolute Gasteiger partial charge is 0.506 e. The van der Waals surface area contributed by atoms with E-state index in [4.69, 9.17) is 0 Å². The van der Waals surface area contributed by atoms with Crippen LogP contribution in [0.25, 0.3) is 0 Å². The Kier molecular flexibility index (Phi) is 3.39. The first-order valence-corrected chi connectivity index (χ1v) is 5.50. The Morgan fingerprint density at radius 3 is 2.82 bits per heavy atom. The number of aromatic hydroxyl groups is 1. The number of rotatable bonds is 4. The number of aromatic nitrogens is 3. The van der Waals surface area contributed by atoms with Gasteiger partial charge in [0.25, 0.3) is 0 Å². The van der Waals surface area contributed by atoms with Crippen LogP contribution < -0.4 is 5.32 Å². The summed E-state index contributed by atoms with van der Waals surface area (Å²) in [5.74, 6) is 0.230. The van der Waals surface area contributed by atoms with E-state index in [0.29, 0.717) is 18.8 Å². The standard InChI is InChI=1S/C12H16N4O/c1-9-3-4-12(17)11(15-9)8-13-7-10-5-6-14-16(10)2/h3-6,13,17H,7-8H2,1-2H3. The molecule has 90 valence electrons. The third-order valence-corrected chi connectivity index (χ3v) is 2.61. The second kappa shape index (κ2) is 4.97. The van der Waals surface area contributed by atoms with Gasteiger partial charge in [0.2, 0.25) is 0 Å². The van der Waals surface area contributed by atoms with Crippen molar-refractivity contribution in [3.63, 3.8) is 0 Å². The van der Waals surface area contributed by atoms with Crippen molar-refractivity contribution in [3.05, 3.63) is 41.5 Å². The SMILES string of the molecule is Cc1ccc(O)c(CNCc2ccnn2C)n1. The molecule has 0 radical (unpaired) electrons. The van der Waals surface area contributed by atoms with Gasteiger partial charge in [-0.25, -0.2) is 0 Å². The molecule has 0 bridgehead atoms. The Labute approximate surface area is 100 Å². The molecule has 0 aromatic carbocycles. The summed E-state index contributed by atoms with van der Waals surface area (Å²) >= 11 is 0. The topological polar surface area (TPSA) is 63.0 Å². The molecule has 5 nitrogen and oxygen atoms in total. The van der Waals surface area contributed by atoms with Crippen LogP contribution in [0.4, 0.5) is 0 Å². The van der Waals surface area contributed by atoms with Gasteiger partial charge in [-0.1, -0.05) is 0 Å². The monoisotopic (exact) mass is 232 g/mol. The first-order chi connectivity index (χ1) is 8.16. The molecule has 0 aliphatic carbocycles. The zero-order chi connectivity index (χ0) is 12.3. The van der Waals surface area contributed by atoms with Crippen LogP contribution in [0.2, 0.25) is 0 Å². The Morgan fingerprint density at radius 1 is 1.29 bits per heavy atom. The van der Waals surface area contributed by atoms with Crippen molar-refractivity contribution >= 4 is 0 Å². The van der Waals surface area contributed by atoms with Crippen LogP contribution in [0.5, 0.6) is 5.75 Å². The zero-order valence-corrected chi connectivity index (χ0v) is 10.0. The summed E-state index contributed by atoms with van der Waals surface area (Å²) in [6.45, 7) is 3.15. The number of hydrogen-bond donors (Lipinski definition) is 2. The molecule has 0 aliphatic rings. The predicted molar refractivity (Wildman–Crippen MR) is 64.4 cm³/mol. The van der Waals surface area contributed by atoms with Crippen LogP contribution in [-0.4, -0.2) is 19.9 Å². The minimum absolute atomic E-state index is 0.230. The highest BCUT2D eigenvalue weighted by molar-refractivity contribution is 5.27. The summed E-state index contributed by atoms with van der Waals surface area (Å²) in [6, 6.07) is 5.42. The number of nitrogens with zero attached hydrogens (tertiary/aromatic N) is 3. The highest BCUT2D eigenvalue weighted by Gasteiger charge is 2.03. The lowest BCUT2D eigenvalue weighted by Crippen LogP contribution is -2.16. The van der Waals surface area contributed by atoms with Gasteiger partial charge in [-0.2, -0.15) is 5.10 Å². The average Bonchev–Trinajstić information content (AvgIpc) is 2.70. The normalized spacial score (nSPS) is 10.7. The lowest BCUT2D eigenvalue weighted by Gasteiger charge is -2.07. The quantitative estimate of drug-likeness (QED) is 0.829. The first-order valence-electron chi connectivity index (χ1n) is 5.50. The van der Waals surface area contributed by atoms with Crippen LogP contribution in [0, 0.1) is 6.92 Å². The van der Waals surface area contributed by atoms with Crippen LogP contribution in [0.15, 0.2) is 24.4 Å². The maximum Gasteiger partial charge on any atom is 0.138 e. The number of aryl methyl sites for hydroxylation is 2. The van der Waals surface area contributed by atoms with Gasteiger partial charge in [0.05, 0.1) is 11.4 Å². The van der Waals surface area contributed by atoms with E-state index < -0.39 is 0 Å². The summed E-state index contributed by atoms with van der Waals surface area (Å²) in [4.78, 5) is 4.28. The van der Waals surface area contributed by atoms with Crippen molar-refractivity contribution < 1.29 is 5.11 Å². The van der Waals surface area contributed by atoms with E-state index in [1.165, 1.54) is 0 Å². The van der Waals surface area contributed by atoms with E-state index in [9.17, 15) is 5.11 Å². The molecular formula is C12H16N4O.